The van der Waals surface area contributed by atoms with E-state index in [-0.39, 0.29) is 11.9 Å². The number of hydrogen-bond acceptors (Lipinski definition) is 3. The van der Waals surface area contributed by atoms with E-state index in [0.717, 1.165) is 29.8 Å². The summed E-state index contributed by atoms with van der Waals surface area (Å²) in [5.74, 6) is 0.788. The number of hydrogen-bond donors (Lipinski definition) is 0. The van der Waals surface area contributed by atoms with Crippen LogP contribution in [-0.2, 0) is 18.4 Å². The van der Waals surface area contributed by atoms with Gasteiger partial charge in [0.2, 0.25) is 0 Å². The summed E-state index contributed by atoms with van der Waals surface area (Å²) in [4.78, 5) is 32.8. The molecule has 2 saturated heterocycles. The maximum absolute atomic E-state index is 12.7. The van der Waals surface area contributed by atoms with Crippen LogP contribution in [-0.4, -0.2) is 43.4 Å². The summed E-state index contributed by atoms with van der Waals surface area (Å²) in [5, 5.41) is 0. The van der Waals surface area contributed by atoms with Gasteiger partial charge in [-0.05, 0) is 31.4 Å². The maximum atomic E-state index is 12.7. The lowest BCUT2D eigenvalue weighted by atomic mass is 9.99. The van der Waals surface area contributed by atoms with Gasteiger partial charge in [-0.15, -0.1) is 0 Å². The van der Waals surface area contributed by atoms with Gasteiger partial charge in [0.15, 0.2) is 0 Å². The molecule has 2 fully saturated rings. The number of rotatable bonds is 3. The molecule has 0 unspecified atom stereocenters. The largest absolute Gasteiger partial charge is 0.334 e. The molecule has 2 aliphatic heterocycles. The lowest BCUT2D eigenvalue weighted by molar-refractivity contribution is -0.132. The fourth-order valence-electron chi connectivity index (χ4n) is 3.79. The summed E-state index contributed by atoms with van der Waals surface area (Å²) < 4.78 is 1.95. The first-order chi connectivity index (χ1) is 11.5. The second kappa shape index (κ2) is 5.19. The zero-order valence-corrected chi connectivity index (χ0v) is 13.9. The van der Waals surface area contributed by atoms with E-state index in [1.165, 1.54) is 4.90 Å². The van der Waals surface area contributed by atoms with Crippen LogP contribution in [0.4, 0.5) is 4.79 Å². The fourth-order valence-corrected chi connectivity index (χ4v) is 3.79. The Hall–Kier alpha value is -2.63. The van der Waals surface area contributed by atoms with Crippen LogP contribution < -0.4 is 0 Å². The number of urea groups is 1. The number of amides is 3. The average molecular weight is 324 g/mol. The first-order valence-corrected chi connectivity index (χ1v) is 8.21. The van der Waals surface area contributed by atoms with Gasteiger partial charge in [-0.1, -0.05) is 18.2 Å². The minimum Gasteiger partial charge on any atom is -0.334 e. The number of aromatic nitrogens is 2. The molecular weight excluding hydrogens is 304 g/mol. The monoisotopic (exact) mass is 324 g/mol. The van der Waals surface area contributed by atoms with Gasteiger partial charge >= 0.3 is 6.03 Å². The topological polar surface area (TPSA) is 58.4 Å². The van der Waals surface area contributed by atoms with E-state index in [1.807, 2.05) is 49.0 Å². The molecule has 1 aromatic heterocycles. The van der Waals surface area contributed by atoms with E-state index in [0.29, 0.717) is 13.1 Å². The van der Waals surface area contributed by atoms with Gasteiger partial charge in [-0.3, -0.25) is 9.69 Å². The van der Waals surface area contributed by atoms with E-state index in [4.69, 9.17) is 0 Å². The van der Waals surface area contributed by atoms with Crippen molar-refractivity contribution in [2.24, 2.45) is 7.05 Å². The first-order valence-electron chi connectivity index (χ1n) is 8.21. The Balaban J connectivity index is 1.62. The molecule has 24 heavy (non-hydrogen) atoms. The molecule has 0 saturated carbocycles. The van der Waals surface area contributed by atoms with Crippen molar-refractivity contribution in [1.82, 2.24) is 19.4 Å². The Bertz CT molecular complexity index is 828. The lowest BCUT2D eigenvalue weighted by Gasteiger charge is -2.22. The van der Waals surface area contributed by atoms with Crippen molar-refractivity contribution in [3.63, 3.8) is 0 Å². The molecule has 4 rings (SSSR count). The van der Waals surface area contributed by atoms with E-state index in [2.05, 4.69) is 4.98 Å². The Labute approximate surface area is 140 Å². The summed E-state index contributed by atoms with van der Waals surface area (Å²) in [5.41, 5.74) is 1.27. The zero-order valence-electron chi connectivity index (χ0n) is 13.9. The quantitative estimate of drug-likeness (QED) is 0.815. The average Bonchev–Trinajstić information content (AvgIpc) is 3.21. The van der Waals surface area contributed by atoms with Gasteiger partial charge in [0.1, 0.15) is 11.4 Å². The fraction of sp³-hybridized carbons (Fsp3) is 0.389. The van der Waals surface area contributed by atoms with Crippen molar-refractivity contribution in [3.05, 3.63) is 42.2 Å². The van der Waals surface area contributed by atoms with Gasteiger partial charge in [0.05, 0.1) is 6.54 Å². The van der Waals surface area contributed by atoms with Crippen LogP contribution in [0, 0.1) is 0 Å². The van der Waals surface area contributed by atoms with E-state index < -0.39 is 5.54 Å². The molecule has 0 aliphatic carbocycles. The molecule has 0 bridgehead atoms. The molecule has 124 valence electrons. The van der Waals surface area contributed by atoms with E-state index >= 15 is 0 Å². The van der Waals surface area contributed by atoms with Crippen LogP contribution in [0.1, 0.15) is 25.3 Å². The zero-order chi connectivity index (χ0) is 16.9. The van der Waals surface area contributed by atoms with Crippen molar-refractivity contribution in [1.29, 1.82) is 0 Å². The molecule has 1 atom stereocenters. The number of carbonyl (C=O) groups is 2. The Morgan fingerprint density at radius 2 is 2.12 bits per heavy atom. The summed E-state index contributed by atoms with van der Waals surface area (Å²) in [6.07, 6.45) is 5.30. The molecule has 2 aromatic rings. The molecule has 6 heteroatoms. The normalized spacial score (nSPS) is 23.2. The van der Waals surface area contributed by atoms with Gasteiger partial charge in [-0.25, -0.2) is 9.78 Å². The van der Waals surface area contributed by atoms with Crippen molar-refractivity contribution in [2.75, 3.05) is 6.54 Å². The van der Waals surface area contributed by atoms with Crippen LogP contribution in [0.3, 0.4) is 0 Å². The number of aryl methyl sites for hydroxylation is 1. The first kappa shape index (κ1) is 14.9. The van der Waals surface area contributed by atoms with Crippen molar-refractivity contribution in [2.45, 2.75) is 31.8 Å². The summed E-state index contributed by atoms with van der Waals surface area (Å²) in [7, 11) is 1.94. The Kier molecular flexibility index (Phi) is 3.23. The number of benzene rings is 1. The predicted molar refractivity (Wildman–Crippen MR) is 88.9 cm³/mol. The third-order valence-corrected chi connectivity index (χ3v) is 5.16. The minimum atomic E-state index is -0.644. The molecule has 3 amide bonds. The number of fused-ring (bicyclic) bond motifs is 1. The van der Waals surface area contributed by atoms with E-state index in [1.54, 1.807) is 11.1 Å². The standard InChI is InChI=1S/C18H20N4O2/c1-18-7-4-9-22(18)17(24)21(16(18)23)12-13-5-3-6-14(11-13)15-19-8-10-20(15)2/h3,5-6,8,10-11H,4,7,9,12H2,1-2H3/t18-/m0/s1. The van der Waals surface area contributed by atoms with Crippen molar-refractivity contribution < 1.29 is 9.59 Å². The molecule has 0 spiro atoms. The second-order valence-corrected chi connectivity index (χ2v) is 6.77. The van der Waals surface area contributed by atoms with Crippen LogP contribution in [0.15, 0.2) is 36.7 Å². The Morgan fingerprint density at radius 1 is 1.29 bits per heavy atom. The highest BCUT2D eigenvalue weighted by molar-refractivity contribution is 6.07. The minimum absolute atomic E-state index is 0.0765. The van der Waals surface area contributed by atoms with Crippen molar-refractivity contribution >= 4 is 11.9 Å². The molecule has 2 aliphatic rings. The van der Waals surface area contributed by atoms with Crippen molar-refractivity contribution in [3.8, 4) is 11.4 Å². The number of nitrogens with zero attached hydrogens (tertiary/aromatic N) is 4. The van der Waals surface area contributed by atoms with Gasteiger partial charge < -0.3 is 9.47 Å². The highest BCUT2D eigenvalue weighted by Gasteiger charge is 2.56. The lowest BCUT2D eigenvalue weighted by Crippen LogP contribution is -2.41. The molecule has 0 radical (unpaired) electrons. The van der Waals surface area contributed by atoms with Gasteiger partial charge in [0, 0.05) is 31.5 Å². The van der Waals surface area contributed by atoms with Crippen LogP contribution in [0.25, 0.3) is 11.4 Å². The number of imide groups is 1. The highest BCUT2D eigenvalue weighted by atomic mass is 16.2. The smallest absolute Gasteiger partial charge is 0.327 e. The highest BCUT2D eigenvalue weighted by Crippen LogP contribution is 2.38. The summed E-state index contributed by atoms with van der Waals surface area (Å²) in [6.45, 7) is 2.86. The number of carbonyl (C=O) groups excluding carboxylic acids is 2. The van der Waals surface area contributed by atoms with Crippen LogP contribution in [0.2, 0.25) is 0 Å². The molecular formula is C18H20N4O2. The van der Waals surface area contributed by atoms with Crippen LogP contribution >= 0.6 is 0 Å². The molecule has 1 aromatic carbocycles. The Morgan fingerprint density at radius 3 is 2.83 bits per heavy atom. The summed E-state index contributed by atoms with van der Waals surface area (Å²) >= 11 is 0. The predicted octanol–water partition coefficient (Wildman–Crippen LogP) is 2.40. The van der Waals surface area contributed by atoms with Gasteiger partial charge in [0.25, 0.3) is 5.91 Å². The third-order valence-electron chi connectivity index (χ3n) is 5.16. The van der Waals surface area contributed by atoms with Crippen LogP contribution in [0.5, 0.6) is 0 Å². The molecule has 0 N–H and O–H groups in total. The van der Waals surface area contributed by atoms with E-state index in [9.17, 15) is 9.59 Å². The SMILES string of the molecule is Cn1ccnc1-c1cccc(CN2C(=O)N3CCC[C@@]3(C)C2=O)c1. The van der Waals surface area contributed by atoms with Gasteiger partial charge in [-0.2, -0.15) is 0 Å². The summed E-state index contributed by atoms with van der Waals surface area (Å²) in [6, 6.07) is 7.70. The number of imidazole rings is 1. The third kappa shape index (κ3) is 2.06. The molecule has 3 heterocycles. The second-order valence-electron chi connectivity index (χ2n) is 6.77. The molecule has 6 nitrogen and oxygen atoms in total. The maximum Gasteiger partial charge on any atom is 0.327 e.